The highest BCUT2D eigenvalue weighted by Gasteiger charge is 2.21. The summed E-state index contributed by atoms with van der Waals surface area (Å²) in [5.41, 5.74) is 7.10. The largest absolute Gasteiger partial charge is 0.315 e. The van der Waals surface area contributed by atoms with Crippen LogP contribution in [0.5, 0.6) is 0 Å². The molecule has 1 unspecified atom stereocenters. The van der Waals surface area contributed by atoms with E-state index in [4.69, 9.17) is 5.73 Å². The molecular formula is C10H15NO2S. The first-order valence-corrected chi connectivity index (χ1v) is 5.97. The summed E-state index contributed by atoms with van der Waals surface area (Å²) in [5.74, 6) is 0. The monoisotopic (exact) mass is 213 g/mol. The number of hydrogen-bond acceptors (Lipinski definition) is 3. The lowest BCUT2D eigenvalue weighted by Gasteiger charge is -2.11. The van der Waals surface area contributed by atoms with Crippen LogP contribution in [0.4, 0.5) is 0 Å². The van der Waals surface area contributed by atoms with Crippen LogP contribution < -0.4 is 5.73 Å². The summed E-state index contributed by atoms with van der Waals surface area (Å²) in [5, 5.41) is -0.858. The van der Waals surface area contributed by atoms with Crippen LogP contribution >= 0.6 is 0 Å². The molecule has 0 bridgehead atoms. The number of benzene rings is 1. The van der Waals surface area contributed by atoms with Gasteiger partial charge in [-0.05, 0) is 38.0 Å². The van der Waals surface area contributed by atoms with E-state index in [-0.39, 0.29) is 0 Å². The molecule has 0 saturated carbocycles. The van der Waals surface area contributed by atoms with Gasteiger partial charge in [-0.25, -0.2) is 8.42 Å². The highest BCUT2D eigenvalue weighted by molar-refractivity contribution is 7.92. The molecule has 1 aromatic carbocycles. The zero-order valence-electron chi connectivity index (χ0n) is 8.61. The Balaban J connectivity index is 3.40. The molecule has 2 N–H and O–H groups in total. The number of aryl methyl sites for hydroxylation is 2. The van der Waals surface area contributed by atoms with Crippen LogP contribution in [-0.4, -0.2) is 13.8 Å². The van der Waals surface area contributed by atoms with Crippen molar-refractivity contribution in [1.82, 2.24) is 0 Å². The van der Waals surface area contributed by atoms with Gasteiger partial charge < -0.3 is 5.73 Å². The predicted molar refractivity (Wildman–Crippen MR) is 56.8 cm³/mol. The van der Waals surface area contributed by atoms with E-state index in [9.17, 15) is 8.42 Å². The number of nitrogens with two attached hydrogens (primary N) is 1. The van der Waals surface area contributed by atoms with E-state index in [1.54, 1.807) is 19.1 Å². The fourth-order valence-corrected chi connectivity index (χ4v) is 2.48. The van der Waals surface area contributed by atoms with E-state index in [0.717, 1.165) is 11.1 Å². The summed E-state index contributed by atoms with van der Waals surface area (Å²) in [4.78, 5) is 0.340. The van der Waals surface area contributed by atoms with E-state index >= 15 is 0 Å². The summed E-state index contributed by atoms with van der Waals surface area (Å²) in [7, 11) is -3.35. The fraction of sp³-hybridized carbons (Fsp3) is 0.400. The van der Waals surface area contributed by atoms with Crippen molar-refractivity contribution < 1.29 is 8.42 Å². The molecule has 0 spiro atoms. The summed E-state index contributed by atoms with van der Waals surface area (Å²) < 4.78 is 23.6. The Morgan fingerprint density at radius 3 is 2.36 bits per heavy atom. The fourth-order valence-electron chi connectivity index (χ4n) is 1.21. The smallest absolute Gasteiger partial charge is 0.193 e. The summed E-state index contributed by atoms with van der Waals surface area (Å²) in [6.45, 7) is 5.12. The van der Waals surface area contributed by atoms with Crippen molar-refractivity contribution in [2.45, 2.75) is 31.0 Å². The van der Waals surface area contributed by atoms with E-state index in [1.807, 2.05) is 13.0 Å². The van der Waals surface area contributed by atoms with Crippen LogP contribution in [0.3, 0.4) is 0 Å². The van der Waals surface area contributed by atoms with Gasteiger partial charge in [0.05, 0.1) is 4.90 Å². The molecule has 0 aromatic heterocycles. The zero-order valence-corrected chi connectivity index (χ0v) is 9.43. The normalized spacial score (nSPS) is 14.0. The average molecular weight is 213 g/mol. The lowest BCUT2D eigenvalue weighted by atomic mass is 10.2. The SMILES string of the molecule is Cc1ccc(C)c(S(=O)(=O)C(C)N)c1. The third-order valence-electron chi connectivity index (χ3n) is 2.14. The molecule has 0 aliphatic rings. The van der Waals surface area contributed by atoms with Gasteiger partial charge in [0.1, 0.15) is 5.37 Å². The Kier molecular flexibility index (Phi) is 2.97. The van der Waals surface area contributed by atoms with Crippen LogP contribution in [0, 0.1) is 13.8 Å². The molecule has 4 heteroatoms. The Morgan fingerprint density at radius 2 is 1.86 bits per heavy atom. The Morgan fingerprint density at radius 1 is 1.29 bits per heavy atom. The van der Waals surface area contributed by atoms with Gasteiger partial charge in [0.25, 0.3) is 0 Å². The molecule has 3 nitrogen and oxygen atoms in total. The molecule has 0 aliphatic carbocycles. The summed E-state index contributed by atoms with van der Waals surface area (Å²) in [6, 6.07) is 5.34. The van der Waals surface area contributed by atoms with Crippen molar-refractivity contribution in [3.8, 4) is 0 Å². The van der Waals surface area contributed by atoms with Gasteiger partial charge in [-0.3, -0.25) is 0 Å². The van der Waals surface area contributed by atoms with Gasteiger partial charge in [0.2, 0.25) is 0 Å². The third-order valence-corrected chi connectivity index (χ3v) is 4.17. The minimum atomic E-state index is -3.35. The number of rotatable bonds is 2. The van der Waals surface area contributed by atoms with Gasteiger partial charge >= 0.3 is 0 Å². The molecule has 0 radical (unpaired) electrons. The molecule has 1 aromatic rings. The van der Waals surface area contributed by atoms with Crippen molar-refractivity contribution in [2.75, 3.05) is 0 Å². The lowest BCUT2D eigenvalue weighted by Crippen LogP contribution is -2.27. The summed E-state index contributed by atoms with van der Waals surface area (Å²) >= 11 is 0. The molecule has 0 fully saturated rings. The molecule has 0 saturated heterocycles. The van der Waals surface area contributed by atoms with E-state index < -0.39 is 15.2 Å². The summed E-state index contributed by atoms with van der Waals surface area (Å²) in [6.07, 6.45) is 0. The zero-order chi connectivity index (χ0) is 10.9. The van der Waals surface area contributed by atoms with Crippen molar-refractivity contribution in [1.29, 1.82) is 0 Å². The van der Waals surface area contributed by atoms with Gasteiger partial charge in [0.15, 0.2) is 9.84 Å². The Bertz CT molecular complexity index is 435. The molecule has 0 amide bonds. The minimum absolute atomic E-state index is 0.340. The number of sulfone groups is 1. The van der Waals surface area contributed by atoms with Crippen LogP contribution in [0.15, 0.2) is 23.1 Å². The van der Waals surface area contributed by atoms with E-state index in [0.29, 0.717) is 4.90 Å². The molecular weight excluding hydrogens is 198 g/mol. The second kappa shape index (κ2) is 3.71. The molecule has 0 aliphatic heterocycles. The molecule has 1 atom stereocenters. The van der Waals surface area contributed by atoms with Gasteiger partial charge in [0, 0.05) is 0 Å². The van der Waals surface area contributed by atoms with Crippen LogP contribution in [-0.2, 0) is 9.84 Å². The highest BCUT2D eigenvalue weighted by Crippen LogP contribution is 2.19. The van der Waals surface area contributed by atoms with Crippen LogP contribution in [0.1, 0.15) is 18.1 Å². The molecule has 14 heavy (non-hydrogen) atoms. The predicted octanol–water partition coefficient (Wildman–Crippen LogP) is 1.38. The maximum Gasteiger partial charge on any atom is 0.193 e. The minimum Gasteiger partial charge on any atom is -0.315 e. The standard InChI is InChI=1S/C10H15NO2S/c1-7-4-5-8(2)10(6-7)14(12,13)9(3)11/h4-6,9H,11H2,1-3H3. The highest BCUT2D eigenvalue weighted by atomic mass is 32.2. The average Bonchev–Trinajstić information content (AvgIpc) is 2.08. The molecule has 1 rings (SSSR count). The van der Waals surface area contributed by atoms with Gasteiger partial charge in [-0.2, -0.15) is 0 Å². The van der Waals surface area contributed by atoms with Crippen molar-refractivity contribution in [3.05, 3.63) is 29.3 Å². The quantitative estimate of drug-likeness (QED) is 0.807. The van der Waals surface area contributed by atoms with Crippen LogP contribution in [0.2, 0.25) is 0 Å². The maximum absolute atomic E-state index is 11.8. The first-order chi connectivity index (χ1) is 6.35. The first kappa shape index (κ1) is 11.2. The van der Waals surface area contributed by atoms with E-state index in [2.05, 4.69) is 0 Å². The topological polar surface area (TPSA) is 60.2 Å². The Hall–Kier alpha value is -0.870. The first-order valence-electron chi connectivity index (χ1n) is 4.42. The van der Waals surface area contributed by atoms with Gasteiger partial charge in [-0.15, -0.1) is 0 Å². The van der Waals surface area contributed by atoms with Crippen LogP contribution in [0.25, 0.3) is 0 Å². The Labute approximate surface area is 84.9 Å². The molecule has 0 heterocycles. The molecule has 78 valence electrons. The second-order valence-corrected chi connectivity index (χ2v) is 5.79. The van der Waals surface area contributed by atoms with Crippen molar-refractivity contribution in [3.63, 3.8) is 0 Å². The van der Waals surface area contributed by atoms with Crippen molar-refractivity contribution in [2.24, 2.45) is 5.73 Å². The van der Waals surface area contributed by atoms with Gasteiger partial charge in [-0.1, -0.05) is 12.1 Å². The van der Waals surface area contributed by atoms with E-state index in [1.165, 1.54) is 6.92 Å². The third kappa shape index (κ3) is 1.96. The second-order valence-electron chi connectivity index (χ2n) is 3.52. The lowest BCUT2D eigenvalue weighted by molar-refractivity contribution is 0.584. The van der Waals surface area contributed by atoms with Crippen molar-refractivity contribution >= 4 is 9.84 Å². The number of hydrogen-bond donors (Lipinski definition) is 1. The maximum atomic E-state index is 11.8.